The highest BCUT2D eigenvalue weighted by Gasteiger charge is 2.33. The van der Waals surface area contributed by atoms with E-state index in [1.165, 1.54) is 12.3 Å². The van der Waals surface area contributed by atoms with Crippen molar-refractivity contribution in [3.8, 4) is 0 Å². The van der Waals surface area contributed by atoms with Crippen LogP contribution >= 0.6 is 34.5 Å². The molecule has 14 heteroatoms. The molecule has 0 bridgehead atoms. The Morgan fingerprint density at radius 3 is 2.16 bits per heavy atom. The summed E-state index contributed by atoms with van der Waals surface area (Å²) in [7, 11) is -7.91. The Morgan fingerprint density at radius 1 is 0.969 bits per heavy atom. The van der Waals surface area contributed by atoms with Gasteiger partial charge in [0.15, 0.2) is 15.0 Å². The zero-order chi connectivity index (χ0) is 23.7. The first-order valence-corrected chi connectivity index (χ1v) is 13.3. The second kappa shape index (κ2) is 9.18. The summed E-state index contributed by atoms with van der Waals surface area (Å²) in [4.78, 5) is 3.42. The molecule has 6 nitrogen and oxygen atoms in total. The Balaban J connectivity index is 1.74. The maximum absolute atomic E-state index is 13.0. The van der Waals surface area contributed by atoms with Crippen molar-refractivity contribution in [3.63, 3.8) is 0 Å². The molecule has 0 atom stereocenters. The molecule has 1 heterocycles. The van der Waals surface area contributed by atoms with Crippen molar-refractivity contribution in [2.45, 2.75) is 22.4 Å². The Labute approximate surface area is 196 Å². The van der Waals surface area contributed by atoms with Crippen molar-refractivity contribution in [1.82, 2.24) is 4.98 Å². The summed E-state index contributed by atoms with van der Waals surface area (Å²) in [6.07, 6.45) is -3.57. The number of sulfone groups is 1. The van der Waals surface area contributed by atoms with Crippen molar-refractivity contribution in [2.24, 2.45) is 0 Å². The van der Waals surface area contributed by atoms with Crippen LogP contribution in [0.25, 0.3) is 0 Å². The molecule has 0 unspecified atom stereocenters. The molecule has 1 aromatic heterocycles. The maximum atomic E-state index is 13.0. The Morgan fingerprint density at radius 2 is 1.59 bits per heavy atom. The number of benzene rings is 2. The summed E-state index contributed by atoms with van der Waals surface area (Å²) < 4.78 is 91.3. The molecule has 0 saturated carbocycles. The SMILES string of the molecule is O=S(=O)(CCc1ccc(Cl)c(C(F)(F)F)c1)c1ccc(S(=O)(=O)Nc2ncc(Cl)s2)cc1. The Kier molecular flexibility index (Phi) is 7.11. The smallest absolute Gasteiger partial charge is 0.255 e. The lowest BCUT2D eigenvalue weighted by molar-refractivity contribution is -0.137. The van der Waals surface area contributed by atoms with E-state index in [-0.39, 0.29) is 31.2 Å². The van der Waals surface area contributed by atoms with Crippen LogP contribution in [0.2, 0.25) is 9.36 Å². The van der Waals surface area contributed by atoms with Gasteiger partial charge in [-0.2, -0.15) is 13.2 Å². The fourth-order valence-electron chi connectivity index (χ4n) is 2.62. The van der Waals surface area contributed by atoms with Gasteiger partial charge in [-0.25, -0.2) is 21.8 Å². The van der Waals surface area contributed by atoms with E-state index in [4.69, 9.17) is 23.2 Å². The number of alkyl halides is 3. The molecule has 32 heavy (non-hydrogen) atoms. The molecule has 0 radical (unpaired) electrons. The van der Waals surface area contributed by atoms with Crippen LogP contribution < -0.4 is 4.72 Å². The summed E-state index contributed by atoms with van der Waals surface area (Å²) >= 11 is 12.2. The average Bonchev–Trinajstić information content (AvgIpc) is 3.10. The number of hydrogen-bond donors (Lipinski definition) is 1. The molecule has 0 fully saturated rings. The second-order valence-corrected chi connectivity index (χ2v) is 12.3. The van der Waals surface area contributed by atoms with Crippen LogP contribution in [0.5, 0.6) is 0 Å². The quantitative estimate of drug-likeness (QED) is 0.436. The van der Waals surface area contributed by atoms with E-state index in [9.17, 15) is 30.0 Å². The molecular weight excluding hydrogens is 532 g/mol. The van der Waals surface area contributed by atoms with E-state index in [1.54, 1.807) is 0 Å². The van der Waals surface area contributed by atoms with E-state index < -0.39 is 42.4 Å². The highest BCUT2D eigenvalue weighted by molar-refractivity contribution is 7.93. The lowest BCUT2D eigenvalue weighted by Crippen LogP contribution is -2.14. The van der Waals surface area contributed by atoms with Crippen LogP contribution in [0.15, 0.2) is 58.5 Å². The van der Waals surface area contributed by atoms with Gasteiger partial charge in [0, 0.05) is 0 Å². The molecule has 1 N–H and O–H groups in total. The normalized spacial score (nSPS) is 12.7. The fraction of sp³-hybridized carbons (Fsp3) is 0.167. The highest BCUT2D eigenvalue weighted by Crippen LogP contribution is 2.35. The van der Waals surface area contributed by atoms with Gasteiger partial charge in [0.05, 0.1) is 32.3 Å². The predicted molar refractivity (Wildman–Crippen MR) is 117 cm³/mol. The maximum Gasteiger partial charge on any atom is 0.417 e. The third-order valence-electron chi connectivity index (χ3n) is 4.19. The number of aryl methyl sites for hydroxylation is 1. The van der Waals surface area contributed by atoms with Gasteiger partial charge in [-0.05, 0) is 48.4 Å². The zero-order valence-corrected chi connectivity index (χ0v) is 19.7. The van der Waals surface area contributed by atoms with Gasteiger partial charge in [-0.15, -0.1) is 0 Å². The van der Waals surface area contributed by atoms with Crippen LogP contribution in [0.4, 0.5) is 18.3 Å². The number of nitrogens with zero attached hydrogens (tertiary/aromatic N) is 1. The van der Waals surface area contributed by atoms with Crippen molar-refractivity contribution < 1.29 is 30.0 Å². The number of sulfonamides is 1. The first kappa shape index (κ1) is 24.8. The minimum absolute atomic E-state index is 0.0490. The Bertz CT molecular complexity index is 1340. The van der Waals surface area contributed by atoms with Crippen LogP contribution in [0, 0.1) is 0 Å². The van der Waals surface area contributed by atoms with E-state index in [1.807, 2.05) is 0 Å². The summed E-state index contributed by atoms with van der Waals surface area (Å²) in [5.74, 6) is -0.478. The van der Waals surface area contributed by atoms with Gasteiger partial charge in [0.1, 0.15) is 4.34 Å². The largest absolute Gasteiger partial charge is 0.417 e. The Hall–Kier alpha value is -1.86. The molecule has 0 aliphatic carbocycles. The fourth-order valence-corrected chi connectivity index (χ4v) is 6.19. The second-order valence-electron chi connectivity index (χ2n) is 6.43. The van der Waals surface area contributed by atoms with E-state index in [2.05, 4.69) is 9.71 Å². The van der Waals surface area contributed by atoms with Crippen LogP contribution in [-0.4, -0.2) is 27.6 Å². The average molecular weight is 545 g/mol. The lowest BCUT2D eigenvalue weighted by atomic mass is 10.1. The molecule has 0 saturated heterocycles. The van der Waals surface area contributed by atoms with Crippen molar-refractivity contribution in [1.29, 1.82) is 0 Å². The third kappa shape index (κ3) is 5.93. The molecule has 172 valence electrons. The molecule has 3 aromatic rings. The molecule has 3 rings (SSSR count). The first-order valence-electron chi connectivity index (χ1n) is 8.60. The minimum atomic E-state index is -4.66. The first-order chi connectivity index (χ1) is 14.8. The number of halogens is 5. The molecular formula is C18H13Cl2F3N2O4S3. The summed E-state index contributed by atoms with van der Waals surface area (Å²) in [6, 6.07) is 7.63. The van der Waals surface area contributed by atoms with Gasteiger partial charge in [-0.1, -0.05) is 40.6 Å². The van der Waals surface area contributed by atoms with Gasteiger partial charge in [0.25, 0.3) is 10.0 Å². The topological polar surface area (TPSA) is 93.2 Å². The number of hydrogen-bond acceptors (Lipinski definition) is 6. The molecule has 2 aromatic carbocycles. The van der Waals surface area contributed by atoms with E-state index in [0.717, 1.165) is 47.7 Å². The zero-order valence-electron chi connectivity index (χ0n) is 15.7. The minimum Gasteiger partial charge on any atom is -0.255 e. The third-order valence-corrected chi connectivity index (χ3v) is 8.76. The van der Waals surface area contributed by atoms with Gasteiger partial charge in [0.2, 0.25) is 0 Å². The number of thiazole rings is 1. The number of nitrogens with one attached hydrogen (secondary N) is 1. The van der Waals surface area contributed by atoms with Crippen LogP contribution in [0.1, 0.15) is 11.1 Å². The number of anilines is 1. The summed E-state index contributed by atoms with van der Waals surface area (Å²) in [6.45, 7) is 0. The standard InChI is InChI=1S/C18H13Cl2F3N2O4S3/c19-15-6-1-11(9-14(15)18(21,22)23)7-8-31(26,27)12-2-4-13(5-3-12)32(28,29)25-17-24-10-16(20)30-17/h1-6,9-10H,7-8H2,(H,24,25). The molecule has 0 spiro atoms. The van der Waals surface area contributed by atoms with Crippen LogP contribution in [0.3, 0.4) is 0 Å². The molecule has 0 amide bonds. The van der Waals surface area contributed by atoms with Gasteiger partial charge >= 0.3 is 6.18 Å². The van der Waals surface area contributed by atoms with Crippen molar-refractivity contribution in [3.05, 3.63) is 69.1 Å². The van der Waals surface area contributed by atoms with Gasteiger partial charge < -0.3 is 0 Å². The molecule has 0 aliphatic rings. The lowest BCUT2D eigenvalue weighted by Gasteiger charge is -2.11. The monoisotopic (exact) mass is 544 g/mol. The van der Waals surface area contributed by atoms with E-state index in [0.29, 0.717) is 0 Å². The number of aromatic nitrogens is 1. The van der Waals surface area contributed by atoms with Crippen LogP contribution in [-0.2, 0) is 32.5 Å². The number of rotatable bonds is 7. The summed E-state index contributed by atoms with van der Waals surface area (Å²) in [5.41, 5.74) is -0.895. The van der Waals surface area contributed by atoms with Crippen molar-refractivity contribution in [2.75, 3.05) is 10.5 Å². The van der Waals surface area contributed by atoms with Gasteiger partial charge in [-0.3, -0.25) is 4.72 Å². The van der Waals surface area contributed by atoms with Crippen molar-refractivity contribution >= 4 is 59.5 Å². The predicted octanol–water partition coefficient (Wildman–Crippen LogP) is 5.29. The summed E-state index contributed by atoms with van der Waals surface area (Å²) in [5, 5.41) is -0.428. The molecule has 0 aliphatic heterocycles. The highest BCUT2D eigenvalue weighted by atomic mass is 35.5. The van der Waals surface area contributed by atoms with E-state index >= 15 is 0 Å².